The third-order valence-electron chi connectivity index (χ3n) is 9.61. The van der Waals surface area contributed by atoms with Gasteiger partial charge < -0.3 is 4.90 Å². The molecule has 1 heterocycles. The van der Waals surface area contributed by atoms with Crippen molar-refractivity contribution in [1.82, 2.24) is 0 Å². The van der Waals surface area contributed by atoms with Crippen molar-refractivity contribution < 1.29 is 0 Å². The quantitative estimate of drug-likeness (QED) is 0.150. The third-order valence-corrected chi connectivity index (χ3v) is 9.61. The Labute approximate surface area is 263 Å². The molecule has 2 aliphatic rings. The maximum absolute atomic E-state index is 5.25. The molecule has 1 aliphatic carbocycles. The van der Waals surface area contributed by atoms with E-state index in [2.05, 4.69) is 163 Å². The summed E-state index contributed by atoms with van der Waals surface area (Å²) >= 11 is 0. The van der Waals surface area contributed by atoms with Crippen molar-refractivity contribution in [3.8, 4) is 22.3 Å². The molecule has 1 aliphatic heterocycles. The predicted molar refractivity (Wildman–Crippen MR) is 191 cm³/mol. The summed E-state index contributed by atoms with van der Waals surface area (Å²) in [5.74, 6) is 1.07. The predicted octanol–water partition coefficient (Wildman–Crippen LogP) is 10.8. The van der Waals surface area contributed by atoms with Crippen LogP contribution in [0.3, 0.4) is 0 Å². The Balaban J connectivity index is 1.20. The van der Waals surface area contributed by atoms with Gasteiger partial charge in [0.1, 0.15) is 5.84 Å². The number of rotatable bonds is 4. The number of amidine groups is 1. The topological polar surface area (TPSA) is 15.6 Å². The SMILES string of the molecule is C1=CC2C(CC1)N=C(c1ccccc1)N2c1ccc(-c2c3ccccc3c(-c3ccc4ccccc4c3)c3ccccc23)cc1. The van der Waals surface area contributed by atoms with Gasteiger partial charge in [0.2, 0.25) is 0 Å². The normalized spacial score (nSPS) is 17.6. The maximum Gasteiger partial charge on any atom is 0.136 e. The number of anilines is 1. The van der Waals surface area contributed by atoms with Crippen LogP contribution in [0.25, 0.3) is 54.6 Å². The molecular weight excluding hydrogens is 544 g/mol. The number of nitrogens with zero attached hydrogens (tertiary/aromatic N) is 2. The highest BCUT2D eigenvalue weighted by atomic mass is 15.3. The molecule has 0 aromatic heterocycles. The van der Waals surface area contributed by atoms with Crippen molar-refractivity contribution in [2.24, 2.45) is 4.99 Å². The van der Waals surface area contributed by atoms with Crippen molar-refractivity contribution in [2.45, 2.75) is 24.9 Å². The standard InChI is InChI=1S/C43H32N2/c1-2-13-31(14-3-1)43-44-39-20-10-11-21-40(39)45(43)34-26-24-30(25-27-34)41-35-16-6-8-18-37(35)42(38-19-9-7-17-36(38)41)33-23-22-29-12-4-5-15-32(29)28-33/h1-9,11-19,21-28,39-40H,10,20H2. The van der Waals surface area contributed by atoms with Gasteiger partial charge in [-0.25, -0.2) is 0 Å². The van der Waals surface area contributed by atoms with E-state index in [4.69, 9.17) is 4.99 Å². The van der Waals surface area contributed by atoms with E-state index in [9.17, 15) is 0 Å². The first kappa shape index (κ1) is 26.0. The van der Waals surface area contributed by atoms with E-state index in [1.54, 1.807) is 0 Å². The van der Waals surface area contributed by atoms with Gasteiger partial charge in [0.05, 0.1) is 12.1 Å². The number of allylic oxidation sites excluding steroid dienone is 1. The molecule has 2 atom stereocenters. The van der Waals surface area contributed by atoms with Gasteiger partial charge in [-0.05, 0) is 85.6 Å². The second-order valence-electron chi connectivity index (χ2n) is 12.2. The molecule has 45 heavy (non-hydrogen) atoms. The van der Waals surface area contributed by atoms with Crippen LogP contribution in [0.2, 0.25) is 0 Å². The summed E-state index contributed by atoms with van der Waals surface area (Å²) in [5.41, 5.74) is 7.41. The summed E-state index contributed by atoms with van der Waals surface area (Å²) in [5, 5.41) is 7.63. The molecule has 0 fully saturated rings. The smallest absolute Gasteiger partial charge is 0.136 e. The summed E-state index contributed by atoms with van der Waals surface area (Å²) in [6.45, 7) is 0. The van der Waals surface area contributed by atoms with Gasteiger partial charge in [0, 0.05) is 11.3 Å². The van der Waals surface area contributed by atoms with Crippen LogP contribution in [0.5, 0.6) is 0 Å². The highest BCUT2D eigenvalue weighted by Gasteiger charge is 2.37. The Kier molecular flexibility index (Phi) is 6.12. The fraction of sp³-hybridized carbons (Fsp3) is 0.0930. The van der Waals surface area contributed by atoms with Crippen LogP contribution in [-0.2, 0) is 0 Å². The van der Waals surface area contributed by atoms with Crippen LogP contribution in [-0.4, -0.2) is 17.9 Å². The number of aliphatic imine (C=N–C) groups is 1. The van der Waals surface area contributed by atoms with E-state index in [1.807, 2.05) is 0 Å². The molecule has 2 unspecified atom stereocenters. The Morgan fingerprint density at radius 1 is 0.511 bits per heavy atom. The Bertz CT molecular complexity index is 2220. The summed E-state index contributed by atoms with van der Waals surface area (Å²) in [7, 11) is 0. The lowest BCUT2D eigenvalue weighted by Crippen LogP contribution is -2.39. The zero-order chi connectivity index (χ0) is 29.7. The van der Waals surface area contributed by atoms with Gasteiger partial charge in [-0.1, -0.05) is 140 Å². The molecule has 0 saturated heterocycles. The van der Waals surface area contributed by atoms with Crippen LogP contribution < -0.4 is 4.90 Å². The van der Waals surface area contributed by atoms with Gasteiger partial charge in [-0.3, -0.25) is 4.99 Å². The molecule has 9 rings (SSSR count). The first-order valence-electron chi connectivity index (χ1n) is 16.0. The van der Waals surface area contributed by atoms with Crippen LogP contribution in [0.1, 0.15) is 18.4 Å². The molecule has 0 N–H and O–H groups in total. The summed E-state index contributed by atoms with van der Waals surface area (Å²) in [6, 6.07) is 53.7. The minimum absolute atomic E-state index is 0.253. The third kappa shape index (κ3) is 4.29. The van der Waals surface area contributed by atoms with E-state index in [0.717, 1.165) is 18.7 Å². The monoisotopic (exact) mass is 576 g/mol. The van der Waals surface area contributed by atoms with Crippen LogP contribution >= 0.6 is 0 Å². The fourth-order valence-electron chi connectivity index (χ4n) is 7.54. The minimum atomic E-state index is 0.253. The van der Waals surface area contributed by atoms with Gasteiger partial charge in [-0.15, -0.1) is 0 Å². The van der Waals surface area contributed by atoms with Crippen molar-refractivity contribution in [3.63, 3.8) is 0 Å². The fourth-order valence-corrected chi connectivity index (χ4v) is 7.54. The van der Waals surface area contributed by atoms with E-state index in [1.165, 1.54) is 65.8 Å². The van der Waals surface area contributed by atoms with Gasteiger partial charge >= 0.3 is 0 Å². The summed E-state index contributed by atoms with van der Waals surface area (Å²) in [6.07, 6.45) is 6.86. The molecule has 2 heteroatoms. The maximum atomic E-state index is 5.25. The second-order valence-corrected chi connectivity index (χ2v) is 12.2. The van der Waals surface area contributed by atoms with Crippen molar-refractivity contribution >= 4 is 43.8 Å². The summed E-state index contributed by atoms with van der Waals surface area (Å²) in [4.78, 5) is 7.69. The Morgan fingerprint density at radius 2 is 1.09 bits per heavy atom. The number of hydrogen-bond donors (Lipinski definition) is 0. The largest absolute Gasteiger partial charge is 0.317 e. The first-order valence-corrected chi connectivity index (χ1v) is 16.0. The molecule has 7 aromatic carbocycles. The van der Waals surface area contributed by atoms with E-state index in [0.29, 0.717) is 6.04 Å². The van der Waals surface area contributed by atoms with Gasteiger partial charge in [-0.2, -0.15) is 0 Å². The van der Waals surface area contributed by atoms with Crippen molar-refractivity contribution in [1.29, 1.82) is 0 Å². The van der Waals surface area contributed by atoms with E-state index in [-0.39, 0.29) is 6.04 Å². The lowest BCUT2D eigenvalue weighted by molar-refractivity contribution is 0.570. The van der Waals surface area contributed by atoms with Crippen molar-refractivity contribution in [2.75, 3.05) is 4.90 Å². The zero-order valence-corrected chi connectivity index (χ0v) is 25.0. The first-order chi connectivity index (χ1) is 22.3. The molecule has 0 spiro atoms. The number of fused-ring (bicyclic) bond motifs is 4. The molecule has 214 valence electrons. The average molecular weight is 577 g/mol. The van der Waals surface area contributed by atoms with Crippen LogP contribution in [0.4, 0.5) is 5.69 Å². The molecular formula is C43H32N2. The summed E-state index contributed by atoms with van der Waals surface area (Å²) < 4.78 is 0. The Morgan fingerprint density at radius 3 is 1.78 bits per heavy atom. The molecule has 0 bridgehead atoms. The molecule has 0 amide bonds. The number of hydrogen-bond acceptors (Lipinski definition) is 2. The van der Waals surface area contributed by atoms with E-state index >= 15 is 0 Å². The Hall–Kier alpha value is -5.47. The second kappa shape index (κ2) is 10.6. The molecule has 2 nitrogen and oxygen atoms in total. The highest BCUT2D eigenvalue weighted by Crippen LogP contribution is 2.44. The lowest BCUT2D eigenvalue weighted by Gasteiger charge is -2.30. The lowest BCUT2D eigenvalue weighted by atomic mass is 9.85. The van der Waals surface area contributed by atoms with Gasteiger partial charge in [0.25, 0.3) is 0 Å². The highest BCUT2D eigenvalue weighted by molar-refractivity contribution is 6.22. The average Bonchev–Trinajstić information content (AvgIpc) is 3.51. The minimum Gasteiger partial charge on any atom is -0.317 e. The number of benzene rings is 7. The van der Waals surface area contributed by atoms with Crippen LogP contribution in [0.15, 0.2) is 163 Å². The molecule has 0 radical (unpaired) electrons. The zero-order valence-electron chi connectivity index (χ0n) is 25.0. The molecule has 0 saturated carbocycles. The van der Waals surface area contributed by atoms with Crippen LogP contribution in [0, 0.1) is 0 Å². The van der Waals surface area contributed by atoms with Crippen molar-refractivity contribution in [3.05, 3.63) is 163 Å². The van der Waals surface area contributed by atoms with E-state index < -0.39 is 0 Å². The molecule has 7 aromatic rings. The van der Waals surface area contributed by atoms with Gasteiger partial charge in [0.15, 0.2) is 0 Å².